The number of hydrogen-bond acceptors (Lipinski definition) is 5. The van der Waals surface area contributed by atoms with Crippen molar-refractivity contribution in [1.29, 1.82) is 0 Å². The number of aromatic amines is 1. The van der Waals surface area contributed by atoms with E-state index in [1.807, 2.05) is 6.92 Å². The standard InChI is InChI=1S/C14H19N5OS/c1-7(2)12-15-10-5-4-9(6-11(10)16-12)13(20)17-14-19-18-8(3)21-14/h7,9H,4-6H2,1-3H3,(H,15,16)(H,17,19,20). The fraction of sp³-hybridized carbons (Fsp3) is 0.571. The lowest BCUT2D eigenvalue weighted by Crippen LogP contribution is -2.28. The minimum atomic E-state index is -0.0258. The molecule has 1 aliphatic carbocycles. The maximum atomic E-state index is 12.3. The summed E-state index contributed by atoms with van der Waals surface area (Å²) in [7, 11) is 0. The third-order valence-corrected chi connectivity index (χ3v) is 4.49. The zero-order chi connectivity index (χ0) is 15.0. The van der Waals surface area contributed by atoms with Gasteiger partial charge in [0.1, 0.15) is 10.8 Å². The van der Waals surface area contributed by atoms with Gasteiger partial charge in [-0.1, -0.05) is 25.2 Å². The molecule has 1 unspecified atom stereocenters. The first-order valence-corrected chi connectivity index (χ1v) is 8.03. The number of carbonyl (C=O) groups is 1. The summed E-state index contributed by atoms with van der Waals surface area (Å²) in [6, 6.07) is 0. The monoisotopic (exact) mass is 305 g/mol. The molecule has 0 saturated heterocycles. The van der Waals surface area contributed by atoms with Crippen molar-refractivity contribution in [1.82, 2.24) is 20.2 Å². The van der Waals surface area contributed by atoms with Gasteiger partial charge < -0.3 is 10.3 Å². The minimum Gasteiger partial charge on any atom is -0.345 e. The maximum Gasteiger partial charge on any atom is 0.229 e. The van der Waals surface area contributed by atoms with Crippen LogP contribution in [0.5, 0.6) is 0 Å². The van der Waals surface area contributed by atoms with Gasteiger partial charge >= 0.3 is 0 Å². The van der Waals surface area contributed by atoms with Crippen LogP contribution in [0.1, 0.15) is 48.4 Å². The number of imidazole rings is 1. The molecule has 6 nitrogen and oxygen atoms in total. The molecule has 1 aliphatic rings. The Hall–Kier alpha value is -1.76. The van der Waals surface area contributed by atoms with Gasteiger partial charge in [-0.15, -0.1) is 10.2 Å². The number of hydrogen-bond donors (Lipinski definition) is 2. The van der Waals surface area contributed by atoms with Crippen molar-refractivity contribution in [2.45, 2.75) is 46.0 Å². The third kappa shape index (κ3) is 2.97. The van der Waals surface area contributed by atoms with E-state index < -0.39 is 0 Å². The van der Waals surface area contributed by atoms with Crippen LogP contribution >= 0.6 is 11.3 Å². The summed E-state index contributed by atoms with van der Waals surface area (Å²) in [4.78, 5) is 20.3. The average molecular weight is 305 g/mol. The Bertz CT molecular complexity index is 660. The maximum absolute atomic E-state index is 12.3. The van der Waals surface area contributed by atoms with Crippen LogP contribution in [-0.4, -0.2) is 26.1 Å². The summed E-state index contributed by atoms with van der Waals surface area (Å²) in [5.41, 5.74) is 2.23. The van der Waals surface area contributed by atoms with Crippen LogP contribution in [-0.2, 0) is 17.6 Å². The van der Waals surface area contributed by atoms with E-state index in [1.165, 1.54) is 11.3 Å². The molecular weight excluding hydrogens is 286 g/mol. The van der Waals surface area contributed by atoms with Gasteiger partial charge in [0.2, 0.25) is 11.0 Å². The van der Waals surface area contributed by atoms with E-state index in [4.69, 9.17) is 0 Å². The first-order chi connectivity index (χ1) is 10.0. The Morgan fingerprint density at radius 2 is 2.24 bits per heavy atom. The molecule has 2 heterocycles. The fourth-order valence-electron chi connectivity index (χ4n) is 2.55. The predicted molar refractivity (Wildman–Crippen MR) is 81.5 cm³/mol. The highest BCUT2D eigenvalue weighted by Crippen LogP contribution is 2.27. The number of amides is 1. The Morgan fingerprint density at radius 3 is 2.90 bits per heavy atom. The number of anilines is 1. The summed E-state index contributed by atoms with van der Waals surface area (Å²) >= 11 is 1.40. The Labute approximate surface area is 127 Å². The molecule has 0 aromatic carbocycles. The molecular formula is C14H19N5OS. The highest BCUT2D eigenvalue weighted by atomic mass is 32.1. The lowest BCUT2D eigenvalue weighted by molar-refractivity contribution is -0.120. The molecule has 0 saturated carbocycles. The van der Waals surface area contributed by atoms with Crippen LogP contribution in [0.15, 0.2) is 0 Å². The van der Waals surface area contributed by atoms with Gasteiger partial charge in [0.05, 0.1) is 5.69 Å². The number of carbonyl (C=O) groups excluding carboxylic acids is 1. The lowest BCUT2D eigenvalue weighted by atomic mass is 9.89. The zero-order valence-electron chi connectivity index (χ0n) is 12.4. The van der Waals surface area contributed by atoms with Crippen LogP contribution in [0.4, 0.5) is 5.13 Å². The molecule has 0 aliphatic heterocycles. The number of nitrogens with zero attached hydrogens (tertiary/aromatic N) is 3. The number of aromatic nitrogens is 4. The van der Waals surface area contributed by atoms with E-state index in [0.717, 1.165) is 41.5 Å². The van der Waals surface area contributed by atoms with Gasteiger partial charge in [-0.25, -0.2) is 4.98 Å². The number of fused-ring (bicyclic) bond motifs is 1. The van der Waals surface area contributed by atoms with E-state index in [0.29, 0.717) is 11.0 Å². The Balaban J connectivity index is 1.69. The van der Waals surface area contributed by atoms with Gasteiger partial charge in [0, 0.05) is 24.0 Å². The van der Waals surface area contributed by atoms with Crippen molar-refractivity contribution in [2.24, 2.45) is 5.92 Å². The van der Waals surface area contributed by atoms with Crippen LogP contribution < -0.4 is 5.32 Å². The quantitative estimate of drug-likeness (QED) is 0.912. The first kappa shape index (κ1) is 14.2. The van der Waals surface area contributed by atoms with Gasteiger partial charge in [0.25, 0.3) is 0 Å². The number of nitrogens with one attached hydrogen (secondary N) is 2. The molecule has 0 spiro atoms. The summed E-state index contributed by atoms with van der Waals surface area (Å²) in [5, 5.41) is 12.1. The second kappa shape index (κ2) is 5.55. The second-order valence-electron chi connectivity index (χ2n) is 5.76. The fourth-order valence-corrected chi connectivity index (χ4v) is 3.15. The van der Waals surface area contributed by atoms with E-state index in [-0.39, 0.29) is 11.8 Å². The molecule has 2 N–H and O–H groups in total. The smallest absolute Gasteiger partial charge is 0.229 e. The van der Waals surface area contributed by atoms with Crippen molar-refractivity contribution in [3.8, 4) is 0 Å². The number of H-pyrrole nitrogens is 1. The normalized spacial score (nSPS) is 17.8. The van der Waals surface area contributed by atoms with Gasteiger partial charge in [-0.3, -0.25) is 4.79 Å². The molecule has 112 valence electrons. The van der Waals surface area contributed by atoms with Crippen molar-refractivity contribution >= 4 is 22.4 Å². The molecule has 0 bridgehead atoms. The van der Waals surface area contributed by atoms with Gasteiger partial charge in [-0.05, 0) is 19.8 Å². The van der Waals surface area contributed by atoms with Crippen molar-refractivity contribution in [3.63, 3.8) is 0 Å². The summed E-state index contributed by atoms with van der Waals surface area (Å²) < 4.78 is 0. The van der Waals surface area contributed by atoms with Crippen LogP contribution in [0.25, 0.3) is 0 Å². The predicted octanol–water partition coefficient (Wildman–Crippen LogP) is 2.44. The van der Waals surface area contributed by atoms with E-state index in [1.54, 1.807) is 0 Å². The number of rotatable bonds is 3. The highest BCUT2D eigenvalue weighted by Gasteiger charge is 2.28. The zero-order valence-corrected chi connectivity index (χ0v) is 13.3. The Morgan fingerprint density at radius 1 is 1.43 bits per heavy atom. The minimum absolute atomic E-state index is 0.0255. The molecule has 1 amide bonds. The molecule has 2 aromatic heterocycles. The SMILES string of the molecule is Cc1nnc(NC(=O)C2CCc3nc(C(C)C)[nH]c3C2)s1. The van der Waals surface area contributed by atoms with E-state index in [2.05, 4.69) is 39.3 Å². The summed E-state index contributed by atoms with van der Waals surface area (Å²) in [5.74, 6) is 1.40. The largest absolute Gasteiger partial charge is 0.345 e. The molecule has 2 aromatic rings. The number of aryl methyl sites for hydroxylation is 2. The van der Waals surface area contributed by atoms with Crippen LogP contribution in [0.2, 0.25) is 0 Å². The highest BCUT2D eigenvalue weighted by molar-refractivity contribution is 7.15. The van der Waals surface area contributed by atoms with Gasteiger partial charge in [0.15, 0.2) is 0 Å². The average Bonchev–Trinajstić information content (AvgIpc) is 3.03. The second-order valence-corrected chi connectivity index (χ2v) is 6.94. The molecule has 1 atom stereocenters. The van der Waals surface area contributed by atoms with Crippen molar-refractivity contribution < 1.29 is 4.79 Å². The molecule has 0 fully saturated rings. The summed E-state index contributed by atoms with van der Waals surface area (Å²) in [6.45, 7) is 6.11. The summed E-state index contributed by atoms with van der Waals surface area (Å²) in [6.07, 6.45) is 2.41. The van der Waals surface area contributed by atoms with Crippen molar-refractivity contribution in [3.05, 3.63) is 22.2 Å². The van der Waals surface area contributed by atoms with Crippen LogP contribution in [0.3, 0.4) is 0 Å². The molecule has 7 heteroatoms. The topological polar surface area (TPSA) is 83.6 Å². The first-order valence-electron chi connectivity index (χ1n) is 7.21. The Kier molecular flexibility index (Phi) is 3.75. The van der Waals surface area contributed by atoms with Crippen molar-refractivity contribution in [2.75, 3.05) is 5.32 Å². The van der Waals surface area contributed by atoms with Crippen LogP contribution in [0, 0.1) is 12.8 Å². The van der Waals surface area contributed by atoms with E-state index >= 15 is 0 Å². The van der Waals surface area contributed by atoms with E-state index in [9.17, 15) is 4.79 Å². The molecule has 3 rings (SSSR count). The third-order valence-electron chi connectivity index (χ3n) is 3.74. The molecule has 21 heavy (non-hydrogen) atoms. The molecule has 0 radical (unpaired) electrons. The lowest BCUT2D eigenvalue weighted by Gasteiger charge is -2.19. The van der Waals surface area contributed by atoms with Gasteiger partial charge in [-0.2, -0.15) is 0 Å².